The Kier molecular flexibility index (Phi) is 7.58. The number of rotatable bonds is 6. The molecule has 2 bridgehead atoms. The Morgan fingerprint density at radius 2 is 1.97 bits per heavy atom. The summed E-state index contributed by atoms with van der Waals surface area (Å²) in [6.45, 7) is 5.34. The third-order valence-corrected chi connectivity index (χ3v) is 9.87. The average Bonchev–Trinajstić information content (AvgIpc) is 3.48. The number of fused-ring (bicyclic) bond motifs is 4. The van der Waals surface area contributed by atoms with E-state index < -0.39 is 35.9 Å². The molecule has 0 aromatic heterocycles. The van der Waals surface area contributed by atoms with Gasteiger partial charge in [-0.2, -0.15) is 0 Å². The Bertz CT molecular complexity index is 1390. The minimum Gasteiger partial charge on any atom is -0.495 e. The van der Waals surface area contributed by atoms with Gasteiger partial charge in [-0.1, -0.05) is 26.0 Å². The van der Waals surface area contributed by atoms with Crippen LogP contribution in [0.4, 0.5) is 4.39 Å². The van der Waals surface area contributed by atoms with Gasteiger partial charge in [0.05, 0.1) is 33.1 Å². The monoisotopic (exact) mass is 666 g/mol. The number of benzene rings is 2. The van der Waals surface area contributed by atoms with Crippen molar-refractivity contribution in [2.45, 2.75) is 52.7 Å². The number of hydrogen-bond acceptors (Lipinski definition) is 7. The van der Waals surface area contributed by atoms with Gasteiger partial charge in [0.2, 0.25) is 0 Å². The molecule has 3 aliphatic rings. The van der Waals surface area contributed by atoms with E-state index in [0.717, 1.165) is 6.42 Å². The lowest BCUT2D eigenvalue weighted by Gasteiger charge is -2.30. The molecule has 39 heavy (non-hydrogen) atoms. The maximum Gasteiger partial charge on any atom is 0.346 e. The number of ether oxygens (including phenoxy) is 4. The maximum atomic E-state index is 15.5. The van der Waals surface area contributed by atoms with Crippen molar-refractivity contribution in [3.8, 4) is 23.0 Å². The molecule has 0 amide bonds. The molecule has 0 spiro atoms. The first-order chi connectivity index (χ1) is 18.5. The summed E-state index contributed by atoms with van der Waals surface area (Å²) in [7, 11) is 1.38. The predicted molar refractivity (Wildman–Crippen MR) is 147 cm³/mol. The third kappa shape index (κ3) is 4.78. The first kappa shape index (κ1) is 28.1. The van der Waals surface area contributed by atoms with Crippen LogP contribution in [-0.4, -0.2) is 24.2 Å². The summed E-state index contributed by atoms with van der Waals surface area (Å²) in [5.74, 6) is -1.41. The summed E-state index contributed by atoms with van der Waals surface area (Å²) in [6.07, 6.45) is 5.28. The smallest absolute Gasteiger partial charge is 0.346 e. The highest BCUT2D eigenvalue weighted by Gasteiger charge is 2.51. The van der Waals surface area contributed by atoms with Crippen LogP contribution in [0.2, 0.25) is 0 Å². The highest BCUT2D eigenvalue weighted by molar-refractivity contribution is 9.13. The molecule has 1 fully saturated rings. The highest BCUT2D eigenvalue weighted by atomic mass is 79.9. The minimum atomic E-state index is -0.897. The van der Waals surface area contributed by atoms with Crippen molar-refractivity contribution in [3.05, 3.63) is 55.7 Å². The highest BCUT2D eigenvalue weighted by Crippen LogP contribution is 2.55. The number of halogens is 3. The fraction of sp³-hybridized carbons (Fsp3) is 0.448. The van der Waals surface area contributed by atoms with Gasteiger partial charge in [0, 0.05) is 5.56 Å². The second-order valence-corrected chi connectivity index (χ2v) is 12.5. The second-order valence-electron chi connectivity index (χ2n) is 11.0. The number of esters is 2. The van der Waals surface area contributed by atoms with Gasteiger partial charge in [-0.3, -0.25) is 4.79 Å². The quantitative estimate of drug-likeness (QED) is 0.148. The summed E-state index contributed by atoms with van der Waals surface area (Å²) in [5, 5.41) is 10.8. The van der Waals surface area contributed by atoms with Gasteiger partial charge in [-0.15, -0.1) is 0 Å². The minimum absolute atomic E-state index is 0.00669. The normalized spacial score (nSPS) is 23.9. The zero-order chi connectivity index (χ0) is 28.2. The standard InChI is InChI=1S/C29H29Br2FO7/c1-13(2)9-18(33)16-7-8-19-20(24(16)36-4)27(34)37-12-17-23(32)21(30)22(31)26(25(17)38-19)39-28(35)29(3)11-14-5-6-15(29)10-14/h5-8,13-15,18,33H,9-12H2,1-4H3/t14-,15+,18?,29-/m0/s1. The molecule has 1 aliphatic heterocycles. The van der Waals surface area contributed by atoms with E-state index in [1.807, 2.05) is 20.8 Å². The number of aliphatic hydroxyl groups excluding tert-OH is 1. The summed E-state index contributed by atoms with van der Waals surface area (Å²) < 4.78 is 38.8. The molecule has 5 rings (SSSR count). The molecule has 1 heterocycles. The van der Waals surface area contributed by atoms with Crippen LogP contribution < -0.4 is 14.2 Å². The first-order valence-corrected chi connectivity index (χ1v) is 14.4. The van der Waals surface area contributed by atoms with E-state index in [4.69, 9.17) is 18.9 Å². The number of carbonyl (C=O) groups is 2. The molecule has 1 saturated carbocycles. The van der Waals surface area contributed by atoms with Crippen LogP contribution in [-0.2, 0) is 16.1 Å². The lowest BCUT2D eigenvalue weighted by atomic mass is 9.78. The van der Waals surface area contributed by atoms with Crippen molar-refractivity contribution in [2.75, 3.05) is 7.11 Å². The van der Waals surface area contributed by atoms with Crippen molar-refractivity contribution < 1.29 is 38.0 Å². The van der Waals surface area contributed by atoms with Gasteiger partial charge in [-0.05, 0) is 87.9 Å². The molecule has 1 N–H and O–H groups in total. The van der Waals surface area contributed by atoms with Crippen molar-refractivity contribution in [1.29, 1.82) is 0 Å². The van der Waals surface area contributed by atoms with Gasteiger partial charge in [0.1, 0.15) is 29.5 Å². The van der Waals surface area contributed by atoms with Crippen molar-refractivity contribution >= 4 is 43.8 Å². The predicted octanol–water partition coefficient (Wildman–Crippen LogP) is 7.41. The molecule has 208 valence electrons. The summed E-state index contributed by atoms with van der Waals surface area (Å²) in [6, 6.07) is 3.09. The Morgan fingerprint density at radius 1 is 1.23 bits per heavy atom. The van der Waals surface area contributed by atoms with Gasteiger partial charge >= 0.3 is 11.9 Å². The SMILES string of the molecule is COc1c(C(O)CC(C)C)ccc2c1C(=O)OCc1c(F)c(Br)c(Br)c(OC(=O)[C@@]3(C)C[C@H]4C=C[C@@H]3C4)c1O2. The molecular formula is C29H29Br2FO7. The van der Waals surface area contributed by atoms with Crippen molar-refractivity contribution in [1.82, 2.24) is 0 Å². The van der Waals surface area contributed by atoms with Crippen LogP contribution in [0.1, 0.15) is 67.6 Å². The van der Waals surface area contributed by atoms with E-state index >= 15 is 4.39 Å². The molecule has 10 heteroatoms. The average molecular weight is 668 g/mol. The molecule has 2 aromatic carbocycles. The van der Waals surface area contributed by atoms with E-state index in [1.165, 1.54) is 13.2 Å². The summed E-state index contributed by atoms with van der Waals surface area (Å²) in [5.41, 5.74) is -0.472. The van der Waals surface area contributed by atoms with Crippen molar-refractivity contribution in [2.24, 2.45) is 23.2 Å². The molecule has 0 radical (unpaired) electrons. The van der Waals surface area contributed by atoms with Crippen LogP contribution in [0.5, 0.6) is 23.0 Å². The van der Waals surface area contributed by atoms with Crippen LogP contribution in [0, 0.1) is 29.0 Å². The fourth-order valence-corrected chi connectivity index (χ4v) is 6.62. The fourth-order valence-electron chi connectivity index (χ4n) is 5.77. The number of cyclic esters (lactones) is 1. The Morgan fingerprint density at radius 3 is 2.59 bits per heavy atom. The van der Waals surface area contributed by atoms with Crippen LogP contribution in [0.25, 0.3) is 0 Å². The zero-order valence-corrected chi connectivity index (χ0v) is 25.1. The van der Waals surface area contributed by atoms with Gasteiger partial charge in [0.15, 0.2) is 11.5 Å². The largest absolute Gasteiger partial charge is 0.495 e. The number of aliphatic hydroxyl groups is 1. The molecule has 7 nitrogen and oxygen atoms in total. The molecular weight excluding hydrogens is 639 g/mol. The Hall–Kier alpha value is -2.43. The summed E-state index contributed by atoms with van der Waals surface area (Å²) >= 11 is 6.58. The van der Waals surface area contributed by atoms with E-state index in [9.17, 15) is 14.7 Å². The number of hydrogen-bond donors (Lipinski definition) is 1. The topological polar surface area (TPSA) is 91.3 Å². The lowest BCUT2D eigenvalue weighted by molar-refractivity contribution is -0.146. The van der Waals surface area contributed by atoms with E-state index in [0.29, 0.717) is 24.3 Å². The summed E-state index contributed by atoms with van der Waals surface area (Å²) in [4.78, 5) is 26.7. The lowest BCUT2D eigenvalue weighted by Crippen LogP contribution is -2.35. The molecule has 2 aliphatic carbocycles. The van der Waals surface area contributed by atoms with Gasteiger partial charge < -0.3 is 24.1 Å². The zero-order valence-electron chi connectivity index (χ0n) is 22.0. The Balaban J connectivity index is 1.61. The number of carbonyl (C=O) groups excluding carboxylic acids is 2. The molecule has 4 atom stereocenters. The van der Waals surface area contributed by atoms with Crippen LogP contribution in [0.3, 0.4) is 0 Å². The van der Waals surface area contributed by atoms with E-state index in [1.54, 1.807) is 6.07 Å². The Labute approximate surface area is 242 Å². The maximum absolute atomic E-state index is 15.5. The van der Waals surface area contributed by atoms with Crippen molar-refractivity contribution in [3.63, 3.8) is 0 Å². The van der Waals surface area contributed by atoms with E-state index in [2.05, 4.69) is 44.0 Å². The molecule has 2 aromatic rings. The molecule has 1 unspecified atom stereocenters. The first-order valence-electron chi connectivity index (χ1n) is 12.8. The number of methoxy groups -OCH3 is 1. The third-order valence-electron chi connectivity index (χ3n) is 7.84. The van der Waals surface area contributed by atoms with Crippen LogP contribution in [0.15, 0.2) is 33.2 Å². The van der Waals surface area contributed by atoms with Gasteiger partial charge in [0.25, 0.3) is 0 Å². The number of allylic oxidation sites excluding steroid dienone is 2. The van der Waals surface area contributed by atoms with Gasteiger partial charge in [-0.25, -0.2) is 9.18 Å². The molecule has 0 saturated heterocycles. The second kappa shape index (κ2) is 10.5. The van der Waals surface area contributed by atoms with Crippen LogP contribution >= 0.6 is 31.9 Å². The van der Waals surface area contributed by atoms with E-state index in [-0.39, 0.29) is 54.9 Å².